The summed E-state index contributed by atoms with van der Waals surface area (Å²) in [5, 5.41) is 2.47. The zero-order valence-corrected chi connectivity index (χ0v) is 15.9. The number of rotatable bonds is 7. The Morgan fingerprint density at radius 3 is 2.59 bits per heavy atom. The molecule has 0 atom stereocenters. The first-order chi connectivity index (χ1) is 14.0. The summed E-state index contributed by atoms with van der Waals surface area (Å²) < 4.78 is 23.5. The van der Waals surface area contributed by atoms with Gasteiger partial charge in [0.25, 0.3) is 5.91 Å². The zero-order chi connectivity index (χ0) is 20.8. The lowest BCUT2D eigenvalue weighted by Gasteiger charge is -2.15. The molecule has 0 unspecified atom stereocenters. The fraction of sp³-hybridized carbons (Fsp3) is 0.286. The van der Waals surface area contributed by atoms with Gasteiger partial charge in [0.1, 0.15) is 24.7 Å². The molecule has 0 spiro atoms. The van der Waals surface area contributed by atoms with E-state index >= 15 is 0 Å². The quantitative estimate of drug-likeness (QED) is 0.722. The molecule has 0 radical (unpaired) electrons. The van der Waals surface area contributed by atoms with E-state index in [2.05, 4.69) is 5.32 Å². The normalized spacial score (nSPS) is 13.3. The lowest BCUT2D eigenvalue weighted by molar-refractivity contribution is -0.143. The van der Waals surface area contributed by atoms with E-state index in [0.717, 1.165) is 12.1 Å². The maximum absolute atomic E-state index is 13.3. The van der Waals surface area contributed by atoms with Crippen LogP contribution in [0.15, 0.2) is 42.5 Å². The molecule has 3 rings (SSSR count). The number of nitrogens with one attached hydrogen (secondary N) is 1. The van der Waals surface area contributed by atoms with Crippen LogP contribution in [0.25, 0.3) is 0 Å². The standard InChI is InChI=1S/C21H21FN2O5/c1-28-18-9-6-16(22)11-15(18)13-29-20(26)12-23-21(27)14-4-7-17(8-5-14)24-10-2-3-19(24)25/h4-9,11H,2-3,10,12-13H2,1H3,(H,23,27). The molecule has 1 aliphatic rings. The third kappa shape index (κ3) is 5.10. The van der Waals surface area contributed by atoms with E-state index in [1.807, 2.05) is 0 Å². The van der Waals surface area contributed by atoms with E-state index in [4.69, 9.17) is 9.47 Å². The molecule has 7 nitrogen and oxygen atoms in total. The van der Waals surface area contributed by atoms with Crippen molar-refractivity contribution < 1.29 is 28.2 Å². The predicted molar refractivity (Wildman–Crippen MR) is 103 cm³/mol. The summed E-state index contributed by atoms with van der Waals surface area (Å²) in [6.45, 7) is 0.170. The molecule has 0 aromatic heterocycles. The van der Waals surface area contributed by atoms with Crippen molar-refractivity contribution in [3.63, 3.8) is 0 Å². The Hall–Kier alpha value is -3.42. The summed E-state index contributed by atoms with van der Waals surface area (Å²) in [4.78, 5) is 37.5. The number of hydrogen-bond donors (Lipinski definition) is 1. The third-order valence-electron chi connectivity index (χ3n) is 4.54. The second-order valence-corrected chi connectivity index (χ2v) is 6.50. The summed E-state index contributed by atoms with van der Waals surface area (Å²) in [6, 6.07) is 10.5. The molecule has 2 aromatic rings. The molecular weight excluding hydrogens is 379 g/mol. The number of carbonyl (C=O) groups excluding carboxylic acids is 3. The number of esters is 1. The minimum Gasteiger partial charge on any atom is -0.496 e. The number of nitrogens with zero attached hydrogens (tertiary/aromatic N) is 1. The van der Waals surface area contributed by atoms with Crippen LogP contribution >= 0.6 is 0 Å². The van der Waals surface area contributed by atoms with Crippen molar-refractivity contribution in [2.75, 3.05) is 25.1 Å². The molecule has 152 valence electrons. The van der Waals surface area contributed by atoms with Crippen LogP contribution in [0.5, 0.6) is 5.75 Å². The van der Waals surface area contributed by atoms with Gasteiger partial charge in [0.15, 0.2) is 0 Å². The second-order valence-electron chi connectivity index (χ2n) is 6.50. The van der Waals surface area contributed by atoms with E-state index in [0.29, 0.717) is 29.8 Å². The second kappa shape index (κ2) is 9.18. The minimum atomic E-state index is -0.663. The minimum absolute atomic E-state index is 0.0693. The van der Waals surface area contributed by atoms with Crippen LogP contribution in [0.2, 0.25) is 0 Å². The van der Waals surface area contributed by atoms with Crippen molar-refractivity contribution in [2.24, 2.45) is 0 Å². The largest absolute Gasteiger partial charge is 0.496 e. The molecule has 0 aliphatic carbocycles. The molecule has 8 heteroatoms. The van der Waals surface area contributed by atoms with Gasteiger partial charge in [-0.15, -0.1) is 0 Å². The van der Waals surface area contributed by atoms with E-state index < -0.39 is 17.7 Å². The molecule has 0 bridgehead atoms. The first kappa shape index (κ1) is 20.3. The maximum atomic E-state index is 13.3. The molecule has 1 N–H and O–H groups in total. The predicted octanol–water partition coefficient (Wildman–Crippen LogP) is 2.43. The van der Waals surface area contributed by atoms with Crippen LogP contribution in [0.3, 0.4) is 0 Å². The van der Waals surface area contributed by atoms with Gasteiger partial charge in [0.2, 0.25) is 5.91 Å². The van der Waals surface area contributed by atoms with E-state index in [9.17, 15) is 18.8 Å². The molecule has 1 saturated heterocycles. The third-order valence-corrected chi connectivity index (χ3v) is 4.54. The Labute approximate surface area is 167 Å². The molecular formula is C21H21FN2O5. The lowest BCUT2D eigenvalue weighted by atomic mass is 10.2. The van der Waals surface area contributed by atoms with Gasteiger partial charge in [0.05, 0.1) is 7.11 Å². The lowest BCUT2D eigenvalue weighted by Crippen LogP contribution is -2.30. The van der Waals surface area contributed by atoms with E-state index in [-0.39, 0.29) is 19.1 Å². The molecule has 1 heterocycles. The van der Waals surface area contributed by atoms with Gasteiger partial charge in [0, 0.05) is 29.8 Å². The summed E-state index contributed by atoms with van der Waals surface area (Å²) in [7, 11) is 1.43. The van der Waals surface area contributed by atoms with Crippen LogP contribution in [0.4, 0.5) is 10.1 Å². The fourth-order valence-electron chi connectivity index (χ4n) is 3.04. The number of halogens is 1. The van der Waals surface area contributed by atoms with Crippen molar-refractivity contribution in [3.05, 3.63) is 59.4 Å². The highest BCUT2D eigenvalue weighted by atomic mass is 19.1. The Morgan fingerprint density at radius 1 is 1.17 bits per heavy atom. The topological polar surface area (TPSA) is 84.9 Å². The van der Waals surface area contributed by atoms with Gasteiger partial charge in [-0.25, -0.2) is 4.39 Å². The van der Waals surface area contributed by atoms with Crippen LogP contribution in [-0.4, -0.2) is 38.0 Å². The number of carbonyl (C=O) groups is 3. The highest BCUT2D eigenvalue weighted by Crippen LogP contribution is 2.22. The number of benzene rings is 2. The SMILES string of the molecule is COc1ccc(F)cc1COC(=O)CNC(=O)c1ccc(N2CCCC2=O)cc1. The summed E-state index contributed by atoms with van der Waals surface area (Å²) in [5.41, 5.74) is 1.49. The monoisotopic (exact) mass is 400 g/mol. The van der Waals surface area contributed by atoms with Gasteiger partial charge in [-0.3, -0.25) is 14.4 Å². The highest BCUT2D eigenvalue weighted by Gasteiger charge is 2.21. The van der Waals surface area contributed by atoms with Gasteiger partial charge in [-0.05, 0) is 48.9 Å². The highest BCUT2D eigenvalue weighted by molar-refractivity contribution is 5.98. The van der Waals surface area contributed by atoms with Crippen molar-refractivity contribution in [2.45, 2.75) is 19.4 Å². The Bertz CT molecular complexity index is 914. The number of anilines is 1. The number of methoxy groups -OCH3 is 1. The Morgan fingerprint density at radius 2 is 1.93 bits per heavy atom. The van der Waals surface area contributed by atoms with Crippen molar-refractivity contribution >= 4 is 23.5 Å². The fourth-order valence-corrected chi connectivity index (χ4v) is 3.04. The van der Waals surface area contributed by atoms with Crippen LogP contribution in [-0.2, 0) is 20.9 Å². The van der Waals surface area contributed by atoms with Crippen molar-refractivity contribution in [3.8, 4) is 5.75 Å². The molecule has 1 fully saturated rings. The molecule has 1 aliphatic heterocycles. The van der Waals surface area contributed by atoms with Gasteiger partial charge in [-0.2, -0.15) is 0 Å². The van der Waals surface area contributed by atoms with Gasteiger partial charge >= 0.3 is 5.97 Å². The smallest absolute Gasteiger partial charge is 0.325 e. The van der Waals surface area contributed by atoms with E-state index in [1.54, 1.807) is 29.2 Å². The van der Waals surface area contributed by atoms with Crippen LogP contribution in [0, 0.1) is 5.82 Å². The first-order valence-corrected chi connectivity index (χ1v) is 9.14. The van der Waals surface area contributed by atoms with Gasteiger partial charge < -0.3 is 19.7 Å². The van der Waals surface area contributed by atoms with Crippen LogP contribution in [0.1, 0.15) is 28.8 Å². The zero-order valence-electron chi connectivity index (χ0n) is 15.9. The summed E-state index contributed by atoms with van der Waals surface area (Å²) in [5.74, 6) is -1.10. The van der Waals surface area contributed by atoms with Crippen LogP contribution < -0.4 is 15.0 Å². The summed E-state index contributed by atoms with van der Waals surface area (Å²) in [6.07, 6.45) is 1.36. The average Bonchev–Trinajstić information content (AvgIpc) is 3.16. The van der Waals surface area contributed by atoms with Crippen molar-refractivity contribution in [1.82, 2.24) is 5.32 Å². The van der Waals surface area contributed by atoms with Gasteiger partial charge in [-0.1, -0.05) is 0 Å². The Balaban J connectivity index is 1.49. The number of ether oxygens (including phenoxy) is 2. The first-order valence-electron chi connectivity index (χ1n) is 9.14. The molecule has 0 saturated carbocycles. The van der Waals surface area contributed by atoms with Crippen molar-refractivity contribution in [1.29, 1.82) is 0 Å². The Kier molecular flexibility index (Phi) is 6.43. The average molecular weight is 400 g/mol. The molecule has 29 heavy (non-hydrogen) atoms. The van der Waals surface area contributed by atoms with E-state index in [1.165, 1.54) is 25.3 Å². The number of hydrogen-bond acceptors (Lipinski definition) is 5. The summed E-state index contributed by atoms with van der Waals surface area (Å²) >= 11 is 0. The maximum Gasteiger partial charge on any atom is 0.325 e. The number of amides is 2. The molecule has 2 aromatic carbocycles. The molecule has 2 amide bonds.